The Morgan fingerprint density at radius 1 is 0.870 bits per heavy atom. The van der Waals surface area contributed by atoms with E-state index in [-0.39, 0.29) is 5.96 Å². The summed E-state index contributed by atoms with van der Waals surface area (Å²) < 4.78 is 0. The van der Waals surface area contributed by atoms with Crippen LogP contribution in [0.5, 0.6) is 0 Å². The molecule has 0 saturated heterocycles. The van der Waals surface area contributed by atoms with Gasteiger partial charge in [0.25, 0.3) is 0 Å². The highest BCUT2D eigenvalue weighted by molar-refractivity contribution is 6.05. The summed E-state index contributed by atoms with van der Waals surface area (Å²) in [5.41, 5.74) is 4.25. The zero-order valence-corrected chi connectivity index (χ0v) is 13.3. The van der Waals surface area contributed by atoms with Crippen LogP contribution in [0.2, 0.25) is 0 Å². The highest BCUT2D eigenvalue weighted by Crippen LogP contribution is 2.21. The van der Waals surface area contributed by atoms with Crippen LogP contribution in [0.25, 0.3) is 10.9 Å². The van der Waals surface area contributed by atoms with E-state index in [0.717, 1.165) is 33.7 Å². The molecule has 0 fully saturated rings. The number of hydrogen-bond acceptors (Lipinski definition) is 4. The van der Waals surface area contributed by atoms with Crippen molar-refractivity contribution in [2.45, 2.75) is 20.8 Å². The Labute approximate surface area is 134 Å². The van der Waals surface area contributed by atoms with Crippen molar-refractivity contribution in [3.63, 3.8) is 0 Å². The van der Waals surface area contributed by atoms with E-state index in [1.807, 2.05) is 57.2 Å². The Bertz CT molecular complexity index is 867. The minimum absolute atomic E-state index is 0.103. The first kappa shape index (κ1) is 14.9. The number of aromatic nitrogens is 3. The molecule has 2 heterocycles. The van der Waals surface area contributed by atoms with Crippen LogP contribution in [-0.2, 0) is 0 Å². The number of anilines is 2. The number of rotatable bonds is 2. The van der Waals surface area contributed by atoms with Crippen LogP contribution >= 0.6 is 0 Å². The summed E-state index contributed by atoms with van der Waals surface area (Å²) in [7, 11) is 0. The van der Waals surface area contributed by atoms with Crippen LogP contribution in [0.1, 0.15) is 17.1 Å². The molecular formula is C17H18N6. The summed E-state index contributed by atoms with van der Waals surface area (Å²) in [5.74, 6) is 0.509. The number of benzene rings is 1. The van der Waals surface area contributed by atoms with Gasteiger partial charge in [-0.2, -0.15) is 0 Å². The summed E-state index contributed by atoms with van der Waals surface area (Å²) >= 11 is 0. The predicted molar refractivity (Wildman–Crippen MR) is 93.0 cm³/mol. The minimum Gasteiger partial charge on any atom is -0.324 e. The average molecular weight is 306 g/mol. The fraction of sp³-hybridized carbons (Fsp3) is 0.176. The molecular weight excluding hydrogens is 288 g/mol. The second-order valence-corrected chi connectivity index (χ2v) is 5.43. The number of nitrogens with one attached hydrogen (secondary N) is 3. The molecule has 2 aromatic heterocycles. The molecule has 0 radical (unpaired) electrons. The van der Waals surface area contributed by atoms with Crippen molar-refractivity contribution in [2.24, 2.45) is 0 Å². The number of hydrogen-bond donors (Lipinski definition) is 3. The molecule has 0 bridgehead atoms. The van der Waals surface area contributed by atoms with E-state index in [0.29, 0.717) is 5.95 Å². The third-order valence-electron chi connectivity index (χ3n) is 3.34. The lowest BCUT2D eigenvalue weighted by molar-refractivity contribution is 1.06. The molecule has 23 heavy (non-hydrogen) atoms. The number of fused-ring (bicyclic) bond motifs is 1. The van der Waals surface area contributed by atoms with Gasteiger partial charge in [0.1, 0.15) is 0 Å². The lowest BCUT2D eigenvalue weighted by Crippen LogP contribution is -2.22. The van der Waals surface area contributed by atoms with Gasteiger partial charge in [0, 0.05) is 22.5 Å². The first-order valence-corrected chi connectivity index (χ1v) is 7.32. The fourth-order valence-electron chi connectivity index (χ4n) is 2.41. The SMILES string of the molecule is Cc1cc(C)nc(NC(=N)Nc2cccc3ccc(C)nc23)n1. The molecule has 6 nitrogen and oxygen atoms in total. The molecule has 3 N–H and O–H groups in total. The Balaban J connectivity index is 1.84. The zero-order chi connectivity index (χ0) is 16.4. The third kappa shape index (κ3) is 3.42. The Kier molecular flexibility index (Phi) is 3.89. The highest BCUT2D eigenvalue weighted by Gasteiger charge is 2.07. The quantitative estimate of drug-likeness (QED) is 0.499. The number of guanidine groups is 1. The van der Waals surface area contributed by atoms with Crippen molar-refractivity contribution in [3.05, 3.63) is 53.5 Å². The highest BCUT2D eigenvalue weighted by atomic mass is 15.2. The van der Waals surface area contributed by atoms with E-state index in [2.05, 4.69) is 25.6 Å². The Morgan fingerprint density at radius 3 is 2.35 bits per heavy atom. The molecule has 3 rings (SSSR count). The molecule has 3 aromatic rings. The molecule has 0 unspecified atom stereocenters. The monoisotopic (exact) mass is 306 g/mol. The van der Waals surface area contributed by atoms with Crippen LogP contribution in [0.15, 0.2) is 36.4 Å². The van der Waals surface area contributed by atoms with Crippen molar-refractivity contribution in [3.8, 4) is 0 Å². The van der Waals surface area contributed by atoms with Gasteiger partial charge >= 0.3 is 0 Å². The largest absolute Gasteiger partial charge is 0.324 e. The second-order valence-electron chi connectivity index (χ2n) is 5.43. The molecule has 0 amide bonds. The Hall–Kier alpha value is -3.02. The van der Waals surface area contributed by atoms with Gasteiger partial charge in [0.2, 0.25) is 5.95 Å². The summed E-state index contributed by atoms with van der Waals surface area (Å²) in [6, 6.07) is 11.7. The average Bonchev–Trinajstić information content (AvgIpc) is 2.46. The molecule has 0 saturated carbocycles. The molecule has 0 aliphatic carbocycles. The maximum absolute atomic E-state index is 8.10. The molecule has 116 valence electrons. The van der Waals surface area contributed by atoms with Gasteiger partial charge in [-0.25, -0.2) is 9.97 Å². The Morgan fingerprint density at radius 2 is 1.61 bits per heavy atom. The zero-order valence-electron chi connectivity index (χ0n) is 13.3. The maximum atomic E-state index is 8.10. The maximum Gasteiger partial charge on any atom is 0.229 e. The lowest BCUT2D eigenvalue weighted by atomic mass is 10.2. The van der Waals surface area contributed by atoms with Crippen molar-refractivity contribution >= 4 is 28.5 Å². The third-order valence-corrected chi connectivity index (χ3v) is 3.34. The van der Waals surface area contributed by atoms with Gasteiger partial charge in [0.15, 0.2) is 5.96 Å². The standard InChI is InChI=1S/C17H18N6/c1-10-7-8-13-5-4-6-14(15(13)19-10)22-16(18)23-17-20-11(2)9-12(3)21-17/h4-9H,1-3H3,(H3,18,20,21,22,23). The summed E-state index contributed by atoms with van der Waals surface area (Å²) in [4.78, 5) is 13.1. The summed E-state index contributed by atoms with van der Waals surface area (Å²) in [6.07, 6.45) is 0. The number of aryl methyl sites for hydroxylation is 3. The molecule has 0 atom stereocenters. The smallest absolute Gasteiger partial charge is 0.229 e. The normalized spacial score (nSPS) is 10.6. The molecule has 0 aliphatic rings. The molecule has 0 spiro atoms. The fourth-order valence-corrected chi connectivity index (χ4v) is 2.41. The van der Waals surface area contributed by atoms with Crippen LogP contribution in [0.4, 0.5) is 11.6 Å². The van der Waals surface area contributed by atoms with E-state index in [9.17, 15) is 0 Å². The predicted octanol–water partition coefficient (Wildman–Crippen LogP) is 3.41. The van der Waals surface area contributed by atoms with E-state index in [4.69, 9.17) is 5.41 Å². The lowest BCUT2D eigenvalue weighted by Gasteiger charge is -2.12. The second kappa shape index (κ2) is 6.00. The van der Waals surface area contributed by atoms with Gasteiger partial charge in [-0.1, -0.05) is 18.2 Å². The van der Waals surface area contributed by atoms with Crippen LogP contribution in [0, 0.1) is 26.2 Å². The number of pyridine rings is 1. The van der Waals surface area contributed by atoms with Crippen LogP contribution in [-0.4, -0.2) is 20.9 Å². The minimum atomic E-state index is 0.103. The summed E-state index contributed by atoms with van der Waals surface area (Å²) in [5, 5.41) is 15.0. The van der Waals surface area contributed by atoms with E-state index in [1.54, 1.807) is 0 Å². The first-order valence-electron chi connectivity index (χ1n) is 7.32. The van der Waals surface area contributed by atoms with Gasteiger partial charge in [-0.15, -0.1) is 0 Å². The van der Waals surface area contributed by atoms with Crippen LogP contribution < -0.4 is 10.6 Å². The van der Waals surface area contributed by atoms with E-state index < -0.39 is 0 Å². The molecule has 1 aromatic carbocycles. The number of nitrogens with zero attached hydrogens (tertiary/aromatic N) is 3. The van der Waals surface area contributed by atoms with E-state index in [1.165, 1.54) is 0 Å². The van der Waals surface area contributed by atoms with Gasteiger partial charge in [-0.05, 0) is 39.0 Å². The van der Waals surface area contributed by atoms with Gasteiger partial charge in [0.05, 0.1) is 11.2 Å². The van der Waals surface area contributed by atoms with Crippen molar-refractivity contribution in [2.75, 3.05) is 10.6 Å². The van der Waals surface area contributed by atoms with Crippen molar-refractivity contribution in [1.29, 1.82) is 5.41 Å². The van der Waals surface area contributed by atoms with E-state index >= 15 is 0 Å². The summed E-state index contributed by atoms with van der Waals surface area (Å²) in [6.45, 7) is 5.74. The molecule has 6 heteroatoms. The van der Waals surface area contributed by atoms with Gasteiger partial charge in [-0.3, -0.25) is 15.7 Å². The molecule has 0 aliphatic heterocycles. The first-order chi connectivity index (χ1) is 11.0. The van der Waals surface area contributed by atoms with Crippen molar-refractivity contribution < 1.29 is 0 Å². The topological polar surface area (TPSA) is 86.6 Å². The number of para-hydroxylation sites is 1. The van der Waals surface area contributed by atoms with Gasteiger partial charge < -0.3 is 5.32 Å². The van der Waals surface area contributed by atoms with Crippen molar-refractivity contribution in [1.82, 2.24) is 15.0 Å². The van der Waals surface area contributed by atoms with Crippen LogP contribution in [0.3, 0.4) is 0 Å².